The molecule has 0 saturated heterocycles. The standard InChI is InChI=1S/C8H11N3O3/c1-10(2)8(14)5-11-7(13)4-3-6(12)9-11/h3-4H,5H2,1-2H3,(H,9,12). The van der Waals surface area contributed by atoms with Crippen molar-refractivity contribution in [2.45, 2.75) is 6.54 Å². The van der Waals surface area contributed by atoms with E-state index in [0.717, 1.165) is 16.8 Å². The van der Waals surface area contributed by atoms with Crippen LogP contribution in [0.15, 0.2) is 21.7 Å². The molecule has 6 nitrogen and oxygen atoms in total. The summed E-state index contributed by atoms with van der Waals surface area (Å²) in [6.07, 6.45) is 0. The summed E-state index contributed by atoms with van der Waals surface area (Å²) in [6.45, 7) is -0.151. The third-order valence-electron chi connectivity index (χ3n) is 1.68. The number of carbonyl (C=O) groups is 1. The highest BCUT2D eigenvalue weighted by Gasteiger charge is 2.06. The van der Waals surface area contributed by atoms with E-state index in [2.05, 4.69) is 5.10 Å². The van der Waals surface area contributed by atoms with Gasteiger partial charge >= 0.3 is 0 Å². The molecule has 1 aromatic rings. The zero-order chi connectivity index (χ0) is 10.7. The summed E-state index contributed by atoms with van der Waals surface area (Å²) in [5.41, 5.74) is -0.809. The van der Waals surface area contributed by atoms with E-state index in [-0.39, 0.29) is 12.5 Å². The monoisotopic (exact) mass is 197 g/mol. The first-order chi connectivity index (χ1) is 6.50. The molecule has 1 heterocycles. The van der Waals surface area contributed by atoms with E-state index in [9.17, 15) is 14.4 Å². The predicted molar refractivity (Wildman–Crippen MR) is 50.0 cm³/mol. The zero-order valence-electron chi connectivity index (χ0n) is 7.98. The molecule has 0 spiro atoms. The minimum atomic E-state index is -0.406. The van der Waals surface area contributed by atoms with Crippen molar-refractivity contribution in [1.82, 2.24) is 14.7 Å². The molecule has 76 valence electrons. The van der Waals surface area contributed by atoms with E-state index in [1.165, 1.54) is 4.90 Å². The van der Waals surface area contributed by atoms with Gasteiger partial charge in [-0.05, 0) is 0 Å². The molecule has 1 rings (SSSR count). The number of hydrogen-bond acceptors (Lipinski definition) is 3. The SMILES string of the molecule is CN(C)C(=O)Cn1[nH]c(=O)ccc1=O. The van der Waals surface area contributed by atoms with E-state index >= 15 is 0 Å². The molecule has 6 heteroatoms. The van der Waals surface area contributed by atoms with E-state index in [4.69, 9.17) is 0 Å². The van der Waals surface area contributed by atoms with Gasteiger partial charge in [0, 0.05) is 26.2 Å². The number of nitrogens with zero attached hydrogens (tertiary/aromatic N) is 2. The minimum absolute atomic E-state index is 0.151. The van der Waals surface area contributed by atoms with Crippen molar-refractivity contribution in [3.63, 3.8) is 0 Å². The van der Waals surface area contributed by atoms with E-state index in [0.29, 0.717) is 0 Å². The Morgan fingerprint density at radius 3 is 2.64 bits per heavy atom. The number of rotatable bonds is 2. The molecule has 0 aliphatic heterocycles. The molecule has 14 heavy (non-hydrogen) atoms. The summed E-state index contributed by atoms with van der Waals surface area (Å²) in [6, 6.07) is 2.25. The number of hydrogen-bond donors (Lipinski definition) is 1. The predicted octanol–water partition coefficient (Wildman–Crippen LogP) is -1.38. The molecule has 0 aliphatic carbocycles. The Morgan fingerprint density at radius 1 is 1.43 bits per heavy atom. The first-order valence-corrected chi connectivity index (χ1v) is 4.01. The third kappa shape index (κ3) is 2.32. The molecule has 0 bridgehead atoms. The second-order valence-electron chi connectivity index (χ2n) is 3.02. The minimum Gasteiger partial charge on any atom is -0.347 e. The van der Waals surface area contributed by atoms with Crippen LogP contribution in [-0.2, 0) is 11.3 Å². The largest absolute Gasteiger partial charge is 0.347 e. The third-order valence-corrected chi connectivity index (χ3v) is 1.68. The van der Waals surface area contributed by atoms with Crippen LogP contribution in [0.2, 0.25) is 0 Å². The fraction of sp³-hybridized carbons (Fsp3) is 0.375. The molecular weight excluding hydrogens is 186 g/mol. The smallest absolute Gasteiger partial charge is 0.265 e. The Balaban J connectivity index is 2.97. The van der Waals surface area contributed by atoms with Crippen molar-refractivity contribution in [3.05, 3.63) is 32.8 Å². The lowest BCUT2D eigenvalue weighted by Crippen LogP contribution is -2.35. The van der Waals surface area contributed by atoms with E-state index < -0.39 is 11.1 Å². The molecule has 1 aromatic heterocycles. The molecule has 0 unspecified atom stereocenters. The van der Waals surface area contributed by atoms with Crippen LogP contribution in [0.1, 0.15) is 0 Å². The zero-order valence-corrected chi connectivity index (χ0v) is 7.98. The van der Waals surface area contributed by atoms with Crippen LogP contribution >= 0.6 is 0 Å². The molecule has 0 saturated carbocycles. The van der Waals surface area contributed by atoms with Crippen LogP contribution < -0.4 is 11.1 Å². The van der Waals surface area contributed by atoms with Gasteiger partial charge in [0.05, 0.1) is 0 Å². The van der Waals surface area contributed by atoms with Crippen molar-refractivity contribution in [2.24, 2.45) is 0 Å². The summed E-state index contributed by atoms with van der Waals surface area (Å²) in [7, 11) is 3.16. The number of likely N-dealkylation sites (N-methyl/N-ethyl adjacent to an activating group) is 1. The van der Waals surface area contributed by atoms with Crippen LogP contribution in [0.25, 0.3) is 0 Å². The highest BCUT2D eigenvalue weighted by molar-refractivity contribution is 5.75. The second-order valence-corrected chi connectivity index (χ2v) is 3.02. The maximum absolute atomic E-state index is 11.2. The number of amides is 1. The highest BCUT2D eigenvalue weighted by Crippen LogP contribution is 1.81. The Kier molecular flexibility index (Phi) is 2.85. The van der Waals surface area contributed by atoms with Crippen LogP contribution in [0.3, 0.4) is 0 Å². The van der Waals surface area contributed by atoms with Gasteiger partial charge in [0.2, 0.25) is 5.91 Å². The van der Waals surface area contributed by atoms with Crippen molar-refractivity contribution in [2.75, 3.05) is 14.1 Å². The van der Waals surface area contributed by atoms with Gasteiger partial charge < -0.3 is 4.90 Å². The van der Waals surface area contributed by atoms with Gasteiger partial charge in [-0.25, -0.2) is 4.68 Å². The quantitative estimate of drug-likeness (QED) is 0.635. The molecule has 0 radical (unpaired) electrons. The van der Waals surface area contributed by atoms with E-state index in [1.807, 2.05) is 0 Å². The van der Waals surface area contributed by atoms with Gasteiger partial charge in [0.15, 0.2) is 0 Å². The van der Waals surface area contributed by atoms with Gasteiger partial charge in [-0.2, -0.15) is 0 Å². The number of H-pyrrole nitrogens is 1. The molecule has 0 fully saturated rings. The average Bonchev–Trinajstić information content (AvgIpc) is 2.11. The average molecular weight is 197 g/mol. The number of nitrogens with one attached hydrogen (secondary N) is 1. The Labute approximate surface area is 79.8 Å². The van der Waals surface area contributed by atoms with Gasteiger partial charge in [-0.15, -0.1) is 0 Å². The number of aromatic nitrogens is 2. The Hall–Kier alpha value is -1.85. The molecule has 0 aromatic carbocycles. The number of aromatic amines is 1. The van der Waals surface area contributed by atoms with Crippen LogP contribution in [0.5, 0.6) is 0 Å². The lowest BCUT2D eigenvalue weighted by molar-refractivity contribution is -0.129. The maximum Gasteiger partial charge on any atom is 0.265 e. The fourth-order valence-corrected chi connectivity index (χ4v) is 0.856. The van der Waals surface area contributed by atoms with Crippen molar-refractivity contribution < 1.29 is 4.79 Å². The number of carbonyl (C=O) groups excluding carboxylic acids is 1. The maximum atomic E-state index is 11.2. The highest BCUT2D eigenvalue weighted by atomic mass is 16.2. The summed E-state index contributed by atoms with van der Waals surface area (Å²) in [5, 5.41) is 2.26. The lowest BCUT2D eigenvalue weighted by Gasteiger charge is -2.10. The summed E-state index contributed by atoms with van der Waals surface area (Å²) in [5.74, 6) is -0.256. The second kappa shape index (κ2) is 3.91. The van der Waals surface area contributed by atoms with Crippen LogP contribution in [0.4, 0.5) is 0 Å². The van der Waals surface area contributed by atoms with Crippen molar-refractivity contribution in [1.29, 1.82) is 0 Å². The van der Waals surface area contributed by atoms with E-state index in [1.54, 1.807) is 14.1 Å². The molecule has 0 atom stereocenters. The van der Waals surface area contributed by atoms with Gasteiger partial charge in [-0.3, -0.25) is 19.5 Å². The Bertz CT molecular complexity index is 444. The van der Waals surface area contributed by atoms with Crippen LogP contribution in [0, 0.1) is 0 Å². The molecule has 1 amide bonds. The molecule has 0 aliphatic rings. The van der Waals surface area contributed by atoms with Gasteiger partial charge in [0.25, 0.3) is 11.1 Å². The summed E-state index contributed by atoms with van der Waals surface area (Å²) in [4.78, 5) is 34.6. The first kappa shape index (κ1) is 10.2. The Morgan fingerprint density at radius 2 is 2.07 bits per heavy atom. The van der Waals surface area contributed by atoms with Crippen molar-refractivity contribution in [3.8, 4) is 0 Å². The lowest BCUT2D eigenvalue weighted by atomic mass is 10.5. The molecule has 1 N–H and O–H groups in total. The fourth-order valence-electron chi connectivity index (χ4n) is 0.856. The summed E-state index contributed by atoms with van der Waals surface area (Å²) >= 11 is 0. The van der Waals surface area contributed by atoms with Gasteiger partial charge in [-0.1, -0.05) is 0 Å². The van der Waals surface area contributed by atoms with Crippen LogP contribution in [-0.4, -0.2) is 34.7 Å². The summed E-state index contributed by atoms with van der Waals surface area (Å²) < 4.78 is 0.977. The van der Waals surface area contributed by atoms with Crippen molar-refractivity contribution >= 4 is 5.91 Å². The van der Waals surface area contributed by atoms with Gasteiger partial charge in [0.1, 0.15) is 6.54 Å². The molecular formula is C8H11N3O3. The first-order valence-electron chi connectivity index (χ1n) is 4.01. The topological polar surface area (TPSA) is 75.2 Å². The normalized spacial score (nSPS) is 9.86.